The quantitative estimate of drug-likeness (QED) is 0.237. The molecule has 0 rings (SSSR count). The van der Waals surface area contributed by atoms with Crippen molar-refractivity contribution < 1.29 is 39.9 Å². The highest BCUT2D eigenvalue weighted by molar-refractivity contribution is 6.12. The molecule has 0 amide bonds. The summed E-state index contributed by atoms with van der Waals surface area (Å²) in [6.07, 6.45) is -8.98. The Kier molecular flexibility index (Phi) is 7.46. The van der Waals surface area contributed by atoms with Crippen LogP contribution in [0.1, 0.15) is 27.7 Å². The number of hydrogen-bond donors (Lipinski definition) is 5. The first kappa shape index (κ1) is 20.8. The van der Waals surface area contributed by atoms with Gasteiger partial charge in [0.2, 0.25) is 5.60 Å². The molecule has 0 bridgehead atoms. The van der Waals surface area contributed by atoms with E-state index in [1.165, 1.54) is 27.7 Å². The van der Waals surface area contributed by atoms with Gasteiger partial charge in [-0.05, 0) is 0 Å². The average molecular weight is 320 g/mol. The van der Waals surface area contributed by atoms with Gasteiger partial charge in [0.25, 0.3) is 0 Å². The van der Waals surface area contributed by atoms with Gasteiger partial charge in [-0.15, -0.1) is 0 Å². The van der Waals surface area contributed by atoms with E-state index in [0.29, 0.717) is 0 Å². The molecule has 0 unspecified atom stereocenters. The van der Waals surface area contributed by atoms with Crippen LogP contribution in [0.3, 0.4) is 0 Å². The van der Waals surface area contributed by atoms with Crippen molar-refractivity contribution in [3.8, 4) is 0 Å². The summed E-state index contributed by atoms with van der Waals surface area (Å²) >= 11 is 0. The molecule has 0 heterocycles. The van der Waals surface area contributed by atoms with Crippen LogP contribution in [0.15, 0.2) is 0 Å². The Morgan fingerprint density at radius 1 is 0.864 bits per heavy atom. The molecule has 22 heavy (non-hydrogen) atoms. The van der Waals surface area contributed by atoms with E-state index in [4.69, 9.17) is 5.11 Å². The molecular formula is C14H24O8. The minimum absolute atomic E-state index is 0.0891. The normalized spacial score (nSPS) is 18.0. The second kappa shape index (κ2) is 7.89. The molecule has 0 aliphatic heterocycles. The SMILES string of the molecule is CC(C)C(=O)C(O)(C(=O)C(C)C)[C@@H](O)[C@@H](O)[C@H](O)[C@@H](O)C=O. The van der Waals surface area contributed by atoms with Crippen LogP contribution in [0.5, 0.6) is 0 Å². The molecule has 0 aromatic rings. The smallest absolute Gasteiger partial charge is 0.210 e. The third-order valence-corrected chi connectivity index (χ3v) is 3.39. The zero-order chi connectivity index (χ0) is 17.8. The number of aliphatic hydroxyl groups excluding tert-OH is 4. The van der Waals surface area contributed by atoms with E-state index in [9.17, 15) is 34.8 Å². The fraction of sp³-hybridized carbons (Fsp3) is 0.786. The minimum Gasteiger partial charge on any atom is -0.387 e. The van der Waals surface area contributed by atoms with Crippen molar-refractivity contribution >= 4 is 17.9 Å². The molecule has 0 fully saturated rings. The van der Waals surface area contributed by atoms with Crippen LogP contribution in [0.25, 0.3) is 0 Å². The Bertz CT molecular complexity index is 397. The number of carbonyl (C=O) groups excluding carboxylic acids is 3. The molecule has 8 nitrogen and oxygen atoms in total. The largest absolute Gasteiger partial charge is 0.387 e. The summed E-state index contributed by atoms with van der Waals surface area (Å²) in [5.41, 5.74) is -2.95. The van der Waals surface area contributed by atoms with E-state index in [2.05, 4.69) is 0 Å². The number of rotatable bonds is 9. The lowest BCUT2D eigenvalue weighted by molar-refractivity contribution is -0.188. The van der Waals surface area contributed by atoms with Crippen molar-refractivity contribution in [2.24, 2.45) is 11.8 Å². The van der Waals surface area contributed by atoms with E-state index in [1.54, 1.807) is 0 Å². The number of aldehydes is 1. The molecule has 0 radical (unpaired) electrons. The van der Waals surface area contributed by atoms with Gasteiger partial charge in [0.1, 0.15) is 24.4 Å². The van der Waals surface area contributed by atoms with Gasteiger partial charge < -0.3 is 30.3 Å². The maximum atomic E-state index is 12.2. The fourth-order valence-corrected chi connectivity index (χ4v) is 2.01. The van der Waals surface area contributed by atoms with Gasteiger partial charge in [0.05, 0.1) is 0 Å². The summed E-state index contributed by atoms with van der Waals surface area (Å²) < 4.78 is 0. The van der Waals surface area contributed by atoms with Crippen molar-refractivity contribution in [1.29, 1.82) is 0 Å². The molecule has 0 aromatic carbocycles. The predicted octanol–water partition coefficient (Wildman–Crippen LogP) is -2.19. The summed E-state index contributed by atoms with van der Waals surface area (Å²) in [5.74, 6) is -3.76. The molecule has 0 aromatic heterocycles. The molecule has 128 valence electrons. The number of carbonyl (C=O) groups is 3. The van der Waals surface area contributed by atoms with Crippen LogP contribution in [-0.2, 0) is 14.4 Å². The van der Waals surface area contributed by atoms with Crippen molar-refractivity contribution in [2.45, 2.75) is 57.7 Å². The molecule has 0 saturated carbocycles. The lowest BCUT2D eigenvalue weighted by Crippen LogP contribution is -2.65. The van der Waals surface area contributed by atoms with Gasteiger partial charge in [0.15, 0.2) is 17.9 Å². The van der Waals surface area contributed by atoms with Gasteiger partial charge in [-0.2, -0.15) is 0 Å². The van der Waals surface area contributed by atoms with Crippen LogP contribution in [0, 0.1) is 11.8 Å². The summed E-state index contributed by atoms with van der Waals surface area (Å²) in [5, 5.41) is 49.0. The number of Topliss-reactive ketones (excluding diaryl/α,β-unsaturated/α-hetero) is 2. The monoisotopic (exact) mass is 320 g/mol. The second-order valence-electron chi connectivity index (χ2n) is 5.86. The van der Waals surface area contributed by atoms with Gasteiger partial charge in [-0.1, -0.05) is 27.7 Å². The van der Waals surface area contributed by atoms with Gasteiger partial charge in [-0.25, -0.2) is 0 Å². The second-order valence-corrected chi connectivity index (χ2v) is 5.86. The highest BCUT2D eigenvalue weighted by atomic mass is 16.4. The first-order valence-corrected chi connectivity index (χ1v) is 6.91. The Morgan fingerprint density at radius 2 is 1.23 bits per heavy atom. The Balaban J connectivity index is 5.75. The number of ketones is 2. The van der Waals surface area contributed by atoms with Gasteiger partial charge in [-0.3, -0.25) is 9.59 Å². The van der Waals surface area contributed by atoms with Crippen molar-refractivity contribution in [3.05, 3.63) is 0 Å². The van der Waals surface area contributed by atoms with E-state index in [-0.39, 0.29) is 6.29 Å². The molecule has 0 aliphatic rings. The number of aliphatic hydroxyl groups is 5. The van der Waals surface area contributed by atoms with Crippen LogP contribution in [0.2, 0.25) is 0 Å². The van der Waals surface area contributed by atoms with Crippen molar-refractivity contribution in [2.75, 3.05) is 0 Å². The maximum Gasteiger partial charge on any atom is 0.210 e. The summed E-state index contributed by atoms with van der Waals surface area (Å²) in [4.78, 5) is 34.7. The first-order valence-electron chi connectivity index (χ1n) is 6.91. The molecule has 5 N–H and O–H groups in total. The zero-order valence-electron chi connectivity index (χ0n) is 13.0. The highest BCUT2D eigenvalue weighted by Gasteiger charge is 2.55. The third-order valence-electron chi connectivity index (χ3n) is 3.39. The zero-order valence-corrected chi connectivity index (χ0v) is 13.0. The predicted molar refractivity (Wildman–Crippen MR) is 74.7 cm³/mol. The fourth-order valence-electron chi connectivity index (χ4n) is 2.01. The third kappa shape index (κ3) is 3.96. The summed E-state index contributed by atoms with van der Waals surface area (Å²) in [6, 6.07) is 0. The van der Waals surface area contributed by atoms with Crippen LogP contribution in [-0.4, -0.2) is 73.4 Å². The van der Waals surface area contributed by atoms with E-state index in [0.717, 1.165) is 0 Å². The van der Waals surface area contributed by atoms with Crippen molar-refractivity contribution in [3.63, 3.8) is 0 Å². The minimum atomic E-state index is -2.95. The Labute approximate surface area is 128 Å². The standard InChI is InChI=1S/C14H24O8/c1-6(2)11(19)14(22,12(20)7(3)4)13(21)10(18)9(17)8(16)5-15/h5-10,13,16-18,21-22H,1-4H3/t8-,9+,10-,13-/m0/s1. The van der Waals surface area contributed by atoms with Gasteiger partial charge >= 0.3 is 0 Å². The van der Waals surface area contributed by atoms with Crippen LogP contribution in [0.4, 0.5) is 0 Å². The summed E-state index contributed by atoms with van der Waals surface area (Å²) in [6.45, 7) is 5.54. The molecule has 4 atom stereocenters. The molecule has 0 aliphatic carbocycles. The number of hydrogen-bond acceptors (Lipinski definition) is 8. The molecular weight excluding hydrogens is 296 g/mol. The lowest BCUT2D eigenvalue weighted by atomic mass is 9.75. The Morgan fingerprint density at radius 3 is 1.50 bits per heavy atom. The molecule has 0 spiro atoms. The maximum absolute atomic E-state index is 12.2. The first-order chi connectivity index (χ1) is 9.92. The lowest BCUT2D eigenvalue weighted by Gasteiger charge is -2.36. The van der Waals surface area contributed by atoms with Crippen molar-refractivity contribution in [1.82, 2.24) is 0 Å². The van der Waals surface area contributed by atoms with Crippen LogP contribution < -0.4 is 0 Å². The molecule has 0 saturated heterocycles. The van der Waals surface area contributed by atoms with Crippen LogP contribution >= 0.6 is 0 Å². The van der Waals surface area contributed by atoms with Gasteiger partial charge in [0, 0.05) is 11.8 Å². The van der Waals surface area contributed by atoms with E-state index >= 15 is 0 Å². The highest BCUT2D eigenvalue weighted by Crippen LogP contribution is 2.26. The van der Waals surface area contributed by atoms with E-state index in [1.807, 2.05) is 0 Å². The Hall–Kier alpha value is -1.19. The summed E-state index contributed by atoms with van der Waals surface area (Å²) in [7, 11) is 0. The van der Waals surface area contributed by atoms with E-state index < -0.39 is 53.4 Å². The topological polar surface area (TPSA) is 152 Å². The average Bonchev–Trinajstić information content (AvgIpc) is 2.48. The molecule has 8 heteroatoms.